The largest absolute Gasteiger partial charge is 0.342 e. The number of fused-ring (bicyclic) bond motifs is 1. The number of ketones is 1. The number of benzene rings is 3. The minimum Gasteiger partial charge on any atom is -0.342 e. The summed E-state index contributed by atoms with van der Waals surface area (Å²) in [5.74, 6) is 0.575. The molecule has 4 aromatic rings. The molecule has 4 rings (SSSR count). The average molecular weight is 432 g/mol. The van der Waals surface area contributed by atoms with E-state index in [0.717, 1.165) is 27.5 Å². The molecule has 140 valence electrons. The summed E-state index contributed by atoms with van der Waals surface area (Å²) in [6.45, 7) is 5.14. The standard InChI is InChI=1S/C25H22BrNO/c1-17(2)19-10-8-18(9-11-19)15-27-16-23(22-14-21(26)12-13-24(22)27)25(28)20-6-4-3-5-7-20/h3-14,16-17H,15H2,1-2H3. The summed E-state index contributed by atoms with van der Waals surface area (Å²) in [5, 5.41) is 0.974. The molecule has 1 aromatic heterocycles. The second kappa shape index (κ2) is 7.76. The second-order valence-corrected chi connectivity index (χ2v) is 8.34. The summed E-state index contributed by atoms with van der Waals surface area (Å²) in [7, 11) is 0. The summed E-state index contributed by atoms with van der Waals surface area (Å²) in [5.41, 5.74) is 5.08. The average Bonchev–Trinajstić information content (AvgIpc) is 3.06. The van der Waals surface area contributed by atoms with Crippen molar-refractivity contribution < 1.29 is 4.79 Å². The summed E-state index contributed by atoms with van der Waals surface area (Å²) in [4.78, 5) is 13.1. The molecular formula is C25H22BrNO. The molecule has 0 amide bonds. The summed E-state index contributed by atoms with van der Waals surface area (Å²) in [6, 6.07) is 24.3. The first-order valence-electron chi connectivity index (χ1n) is 9.50. The van der Waals surface area contributed by atoms with Gasteiger partial charge < -0.3 is 4.57 Å². The molecule has 2 nitrogen and oxygen atoms in total. The van der Waals surface area contributed by atoms with Gasteiger partial charge in [-0.1, -0.05) is 84.4 Å². The normalized spacial score (nSPS) is 11.3. The lowest BCUT2D eigenvalue weighted by molar-refractivity contribution is 0.104. The van der Waals surface area contributed by atoms with Crippen LogP contribution in [0.15, 0.2) is 83.5 Å². The van der Waals surface area contributed by atoms with Crippen LogP contribution in [0, 0.1) is 0 Å². The van der Waals surface area contributed by atoms with Gasteiger partial charge in [0.1, 0.15) is 0 Å². The van der Waals surface area contributed by atoms with Gasteiger partial charge in [0.05, 0.1) is 0 Å². The van der Waals surface area contributed by atoms with Crippen LogP contribution in [-0.4, -0.2) is 10.4 Å². The van der Waals surface area contributed by atoms with Gasteiger partial charge in [-0.3, -0.25) is 4.79 Å². The molecule has 0 aliphatic heterocycles. The van der Waals surface area contributed by atoms with Crippen LogP contribution in [0.4, 0.5) is 0 Å². The fourth-order valence-corrected chi connectivity index (χ4v) is 3.89. The molecular weight excluding hydrogens is 410 g/mol. The summed E-state index contributed by atoms with van der Waals surface area (Å²) >= 11 is 3.55. The molecule has 0 N–H and O–H groups in total. The molecule has 1 heterocycles. The van der Waals surface area contributed by atoms with Crippen molar-refractivity contribution in [3.8, 4) is 0 Å². The number of carbonyl (C=O) groups is 1. The number of aromatic nitrogens is 1. The third-order valence-electron chi connectivity index (χ3n) is 5.12. The molecule has 0 aliphatic rings. The molecule has 0 radical (unpaired) electrons. The van der Waals surface area contributed by atoms with Crippen molar-refractivity contribution in [2.45, 2.75) is 26.3 Å². The van der Waals surface area contributed by atoms with Crippen LogP contribution in [-0.2, 0) is 6.54 Å². The highest BCUT2D eigenvalue weighted by atomic mass is 79.9. The Labute approximate surface area is 174 Å². The number of rotatable bonds is 5. The molecule has 0 saturated carbocycles. The SMILES string of the molecule is CC(C)c1ccc(Cn2cc(C(=O)c3ccccc3)c3cc(Br)ccc32)cc1. The lowest BCUT2D eigenvalue weighted by Crippen LogP contribution is -2.01. The van der Waals surface area contributed by atoms with Crippen molar-refractivity contribution in [2.24, 2.45) is 0 Å². The van der Waals surface area contributed by atoms with Crippen LogP contribution in [0.25, 0.3) is 10.9 Å². The van der Waals surface area contributed by atoms with Gasteiger partial charge in [0, 0.05) is 39.2 Å². The topological polar surface area (TPSA) is 22.0 Å². The third kappa shape index (κ3) is 3.67. The zero-order chi connectivity index (χ0) is 19.7. The van der Waals surface area contributed by atoms with Crippen LogP contribution in [0.2, 0.25) is 0 Å². The van der Waals surface area contributed by atoms with Crippen LogP contribution in [0.3, 0.4) is 0 Å². The van der Waals surface area contributed by atoms with Crippen molar-refractivity contribution >= 4 is 32.6 Å². The highest BCUT2D eigenvalue weighted by Gasteiger charge is 2.17. The highest BCUT2D eigenvalue weighted by molar-refractivity contribution is 9.10. The molecule has 0 unspecified atom stereocenters. The van der Waals surface area contributed by atoms with Gasteiger partial charge in [-0.25, -0.2) is 0 Å². The van der Waals surface area contributed by atoms with Crippen molar-refractivity contribution in [2.75, 3.05) is 0 Å². The Hall–Kier alpha value is -2.65. The van der Waals surface area contributed by atoms with Gasteiger partial charge in [0.15, 0.2) is 5.78 Å². The van der Waals surface area contributed by atoms with Gasteiger partial charge in [0.25, 0.3) is 0 Å². The maximum atomic E-state index is 13.1. The molecule has 0 atom stereocenters. The number of halogens is 1. The Kier molecular flexibility index (Phi) is 5.19. The maximum absolute atomic E-state index is 13.1. The first-order valence-corrected chi connectivity index (χ1v) is 10.3. The second-order valence-electron chi connectivity index (χ2n) is 7.42. The Bertz CT molecular complexity index is 1120. The molecule has 3 aromatic carbocycles. The van der Waals surface area contributed by atoms with Crippen molar-refractivity contribution in [1.29, 1.82) is 0 Å². The van der Waals surface area contributed by atoms with Gasteiger partial charge >= 0.3 is 0 Å². The Balaban J connectivity index is 1.76. The van der Waals surface area contributed by atoms with E-state index in [2.05, 4.69) is 64.7 Å². The minimum absolute atomic E-state index is 0.0533. The fourth-order valence-electron chi connectivity index (χ4n) is 3.53. The highest BCUT2D eigenvalue weighted by Crippen LogP contribution is 2.28. The van der Waals surface area contributed by atoms with Gasteiger partial charge in [-0.15, -0.1) is 0 Å². The molecule has 0 fully saturated rings. The van der Waals surface area contributed by atoms with E-state index in [1.54, 1.807) is 0 Å². The van der Waals surface area contributed by atoms with Crippen LogP contribution in [0.1, 0.15) is 46.8 Å². The number of hydrogen-bond acceptors (Lipinski definition) is 1. The quantitative estimate of drug-likeness (QED) is 0.318. The predicted molar refractivity (Wildman–Crippen MR) is 119 cm³/mol. The van der Waals surface area contributed by atoms with Crippen LogP contribution in [0.5, 0.6) is 0 Å². The zero-order valence-corrected chi connectivity index (χ0v) is 17.6. The fraction of sp³-hybridized carbons (Fsp3) is 0.160. The van der Waals surface area contributed by atoms with Crippen LogP contribution >= 0.6 is 15.9 Å². The maximum Gasteiger partial charge on any atom is 0.195 e. The van der Waals surface area contributed by atoms with E-state index in [9.17, 15) is 4.79 Å². The number of carbonyl (C=O) groups excluding carboxylic acids is 1. The predicted octanol–water partition coefficient (Wildman–Crippen LogP) is 6.81. The first-order chi connectivity index (χ1) is 13.5. The van der Waals surface area contributed by atoms with E-state index < -0.39 is 0 Å². The van der Waals surface area contributed by atoms with Gasteiger partial charge in [-0.2, -0.15) is 0 Å². The van der Waals surface area contributed by atoms with Crippen LogP contribution < -0.4 is 0 Å². The third-order valence-corrected chi connectivity index (χ3v) is 5.62. The summed E-state index contributed by atoms with van der Waals surface area (Å²) < 4.78 is 3.14. The van der Waals surface area contributed by atoms with E-state index >= 15 is 0 Å². The minimum atomic E-state index is 0.0533. The smallest absolute Gasteiger partial charge is 0.195 e. The molecule has 0 bridgehead atoms. The summed E-state index contributed by atoms with van der Waals surface area (Å²) in [6.07, 6.45) is 1.99. The van der Waals surface area contributed by atoms with E-state index in [1.165, 1.54) is 11.1 Å². The van der Waals surface area contributed by atoms with E-state index in [0.29, 0.717) is 11.5 Å². The Morgan fingerprint density at radius 3 is 2.36 bits per heavy atom. The van der Waals surface area contributed by atoms with Crippen molar-refractivity contribution in [1.82, 2.24) is 4.57 Å². The van der Waals surface area contributed by atoms with Crippen molar-refractivity contribution in [3.05, 3.63) is 106 Å². The van der Waals surface area contributed by atoms with Gasteiger partial charge in [0.2, 0.25) is 0 Å². The molecule has 28 heavy (non-hydrogen) atoms. The van der Waals surface area contributed by atoms with Crippen molar-refractivity contribution in [3.63, 3.8) is 0 Å². The molecule has 0 saturated heterocycles. The van der Waals surface area contributed by atoms with E-state index in [-0.39, 0.29) is 5.78 Å². The number of hydrogen-bond donors (Lipinski definition) is 0. The van der Waals surface area contributed by atoms with Gasteiger partial charge in [-0.05, 0) is 35.2 Å². The lowest BCUT2D eigenvalue weighted by atomic mass is 10.0. The monoisotopic (exact) mass is 431 g/mol. The molecule has 3 heteroatoms. The molecule has 0 aliphatic carbocycles. The van der Waals surface area contributed by atoms with E-state index in [1.807, 2.05) is 48.7 Å². The van der Waals surface area contributed by atoms with E-state index in [4.69, 9.17) is 0 Å². The molecule has 0 spiro atoms. The first kappa shape index (κ1) is 18.7. The number of nitrogens with zero attached hydrogens (tertiary/aromatic N) is 1. The Morgan fingerprint density at radius 1 is 0.964 bits per heavy atom. The zero-order valence-electron chi connectivity index (χ0n) is 16.0. The lowest BCUT2D eigenvalue weighted by Gasteiger charge is -2.09. The Morgan fingerprint density at radius 2 is 1.68 bits per heavy atom.